The number of carbonyl (C=O) groups is 3. The molecule has 1 heterocycles. The predicted octanol–water partition coefficient (Wildman–Crippen LogP) is 4.63. The van der Waals surface area contributed by atoms with Crippen LogP contribution in [0.1, 0.15) is 53.2 Å². The first-order valence-corrected chi connectivity index (χ1v) is 11.9. The number of aliphatic carboxylic acids is 1. The summed E-state index contributed by atoms with van der Waals surface area (Å²) in [4.78, 5) is 40.3. The largest absolute Gasteiger partial charge is 0.481 e. The summed E-state index contributed by atoms with van der Waals surface area (Å²) in [5, 5.41) is 16.3. The average Bonchev–Trinajstić information content (AvgIpc) is 3.39. The van der Waals surface area contributed by atoms with Crippen LogP contribution < -0.4 is 10.6 Å². The van der Waals surface area contributed by atoms with Gasteiger partial charge in [-0.15, -0.1) is 11.3 Å². The average molecular weight is 478 g/mol. The van der Waals surface area contributed by atoms with Crippen LogP contribution in [0.3, 0.4) is 0 Å². The number of aromatic nitrogens is 1. The lowest BCUT2D eigenvalue weighted by atomic mass is 9.74. The van der Waals surface area contributed by atoms with Crippen molar-refractivity contribution in [1.29, 1.82) is 0 Å². The molecule has 0 saturated heterocycles. The second-order valence-corrected chi connectivity index (χ2v) is 9.51. The fraction of sp³-hybridized carbons (Fsp3) is 0.280. The van der Waals surface area contributed by atoms with Gasteiger partial charge in [-0.05, 0) is 41.5 Å². The number of ether oxygens (including phenoxy) is 1. The molecule has 8 nitrogen and oxygen atoms in total. The van der Waals surface area contributed by atoms with Crippen LogP contribution >= 0.6 is 11.3 Å². The van der Waals surface area contributed by atoms with Gasteiger partial charge in [0, 0.05) is 11.3 Å². The summed E-state index contributed by atoms with van der Waals surface area (Å²) in [6, 6.07) is 16.2. The number of carbonyl (C=O) groups excluding carboxylic acids is 2. The topological polar surface area (TPSA) is 118 Å². The van der Waals surface area contributed by atoms with Crippen LogP contribution in [0.15, 0.2) is 53.9 Å². The van der Waals surface area contributed by atoms with Gasteiger partial charge in [0.1, 0.15) is 12.3 Å². The molecule has 0 aliphatic heterocycles. The molecule has 0 bridgehead atoms. The van der Waals surface area contributed by atoms with E-state index in [0.717, 1.165) is 40.0 Å². The normalized spacial score (nSPS) is 15.5. The second kappa shape index (κ2) is 8.90. The van der Waals surface area contributed by atoms with Crippen LogP contribution in [0.5, 0.6) is 0 Å². The highest BCUT2D eigenvalue weighted by atomic mass is 32.1. The Morgan fingerprint density at radius 2 is 1.71 bits per heavy atom. The second-order valence-electron chi connectivity index (χ2n) is 8.65. The third-order valence-corrected chi connectivity index (χ3v) is 7.23. The van der Waals surface area contributed by atoms with E-state index in [4.69, 9.17) is 9.84 Å². The first-order chi connectivity index (χ1) is 16.4. The number of fused-ring (bicyclic) bond motifs is 3. The minimum Gasteiger partial charge on any atom is -0.481 e. The Bertz CT molecular complexity index is 1220. The van der Waals surface area contributed by atoms with Gasteiger partial charge in [-0.3, -0.25) is 14.9 Å². The summed E-state index contributed by atoms with van der Waals surface area (Å²) in [5.41, 5.74) is 3.96. The van der Waals surface area contributed by atoms with Crippen molar-refractivity contribution in [1.82, 2.24) is 10.3 Å². The Morgan fingerprint density at radius 1 is 1.06 bits per heavy atom. The Labute approximate surface area is 200 Å². The van der Waals surface area contributed by atoms with E-state index in [-0.39, 0.29) is 29.8 Å². The van der Waals surface area contributed by atoms with E-state index in [1.165, 1.54) is 5.38 Å². The van der Waals surface area contributed by atoms with Gasteiger partial charge in [-0.25, -0.2) is 9.78 Å². The van der Waals surface area contributed by atoms with Crippen LogP contribution in [-0.4, -0.2) is 40.2 Å². The fourth-order valence-electron chi connectivity index (χ4n) is 4.70. The van der Waals surface area contributed by atoms with E-state index >= 15 is 0 Å². The smallest absolute Gasteiger partial charge is 0.413 e. The Morgan fingerprint density at radius 3 is 2.29 bits per heavy atom. The molecule has 3 N–H and O–H groups in total. The van der Waals surface area contributed by atoms with Crippen molar-refractivity contribution in [2.75, 3.05) is 11.9 Å². The van der Waals surface area contributed by atoms with Crippen molar-refractivity contribution in [3.8, 4) is 11.1 Å². The van der Waals surface area contributed by atoms with Crippen LogP contribution in [0, 0.1) is 0 Å². The molecule has 0 spiro atoms. The van der Waals surface area contributed by atoms with Crippen LogP contribution in [0.4, 0.5) is 9.93 Å². The maximum absolute atomic E-state index is 12.6. The van der Waals surface area contributed by atoms with Crippen molar-refractivity contribution in [2.45, 2.75) is 37.1 Å². The van der Waals surface area contributed by atoms with Gasteiger partial charge in [0.25, 0.3) is 5.91 Å². The molecule has 3 aromatic rings. The van der Waals surface area contributed by atoms with Gasteiger partial charge in [0.15, 0.2) is 5.13 Å². The third-order valence-electron chi connectivity index (χ3n) is 6.47. The minimum atomic E-state index is -0.948. The maximum Gasteiger partial charge on any atom is 0.413 e. The summed E-state index contributed by atoms with van der Waals surface area (Å²) in [5.74, 6) is -1.45. The zero-order chi connectivity index (χ0) is 23.7. The van der Waals surface area contributed by atoms with Gasteiger partial charge in [-0.1, -0.05) is 48.5 Å². The number of rotatable bonds is 7. The van der Waals surface area contributed by atoms with Crippen molar-refractivity contribution in [3.05, 3.63) is 70.7 Å². The molecule has 2 aliphatic rings. The highest BCUT2D eigenvalue weighted by Gasteiger charge is 2.40. The number of amides is 2. The zero-order valence-corrected chi connectivity index (χ0v) is 19.1. The lowest BCUT2D eigenvalue weighted by Crippen LogP contribution is -2.54. The number of carboxylic acid groups (broad SMARTS) is 1. The molecule has 0 atom stereocenters. The van der Waals surface area contributed by atoms with E-state index < -0.39 is 23.5 Å². The highest BCUT2D eigenvalue weighted by Crippen LogP contribution is 2.44. The van der Waals surface area contributed by atoms with Gasteiger partial charge in [0.2, 0.25) is 0 Å². The minimum absolute atomic E-state index is 0.0521. The van der Waals surface area contributed by atoms with Crippen molar-refractivity contribution in [3.63, 3.8) is 0 Å². The number of nitrogens with one attached hydrogen (secondary N) is 2. The molecule has 2 aromatic carbocycles. The van der Waals surface area contributed by atoms with E-state index in [2.05, 4.69) is 27.8 Å². The number of anilines is 1. The molecule has 2 amide bonds. The van der Waals surface area contributed by atoms with Crippen LogP contribution in [0.25, 0.3) is 11.1 Å². The standard InChI is InChI=1S/C25H23N3O5S/c29-21(30)12-25(10-5-11-25)28-22(31)20-14-34-23(26-20)27-24(32)33-13-19-17-8-3-1-6-15(17)16-7-2-4-9-18(16)19/h1-4,6-9,14,19H,5,10-13H2,(H,28,31)(H,29,30)(H,26,27,32). The number of nitrogens with zero attached hydrogens (tertiary/aromatic N) is 1. The van der Waals surface area contributed by atoms with Crippen molar-refractivity contribution >= 4 is 34.4 Å². The first kappa shape index (κ1) is 22.1. The molecule has 0 unspecified atom stereocenters. The summed E-state index contributed by atoms with van der Waals surface area (Å²) < 4.78 is 5.52. The number of hydrogen-bond acceptors (Lipinski definition) is 6. The predicted molar refractivity (Wildman–Crippen MR) is 127 cm³/mol. The van der Waals surface area contributed by atoms with Gasteiger partial charge >= 0.3 is 12.1 Å². The van der Waals surface area contributed by atoms with E-state index in [1.54, 1.807) is 0 Å². The third kappa shape index (κ3) is 4.26. The molecule has 5 rings (SSSR count). The van der Waals surface area contributed by atoms with Gasteiger partial charge in [0.05, 0.1) is 12.0 Å². The Kier molecular flexibility index (Phi) is 5.79. The Balaban J connectivity index is 1.20. The molecule has 1 aromatic heterocycles. The van der Waals surface area contributed by atoms with E-state index in [0.29, 0.717) is 12.8 Å². The molecule has 0 radical (unpaired) electrons. The SMILES string of the molecule is O=C(O)CC1(NC(=O)c2csc(NC(=O)OCC3c4ccccc4-c4ccccc43)n2)CCC1. The number of thiazole rings is 1. The van der Waals surface area contributed by atoms with Crippen molar-refractivity contribution < 1.29 is 24.2 Å². The number of benzene rings is 2. The van der Waals surface area contributed by atoms with E-state index in [1.807, 2.05) is 36.4 Å². The number of hydrogen-bond donors (Lipinski definition) is 3. The maximum atomic E-state index is 12.6. The molecule has 9 heteroatoms. The summed E-state index contributed by atoms with van der Waals surface area (Å²) >= 11 is 1.11. The zero-order valence-electron chi connectivity index (χ0n) is 18.2. The van der Waals surface area contributed by atoms with Crippen molar-refractivity contribution in [2.24, 2.45) is 0 Å². The quantitative estimate of drug-likeness (QED) is 0.457. The number of carboxylic acids is 1. The Hall–Kier alpha value is -3.72. The molecule has 174 valence electrons. The fourth-order valence-corrected chi connectivity index (χ4v) is 5.38. The van der Waals surface area contributed by atoms with Gasteiger partial charge in [-0.2, -0.15) is 0 Å². The summed E-state index contributed by atoms with van der Waals surface area (Å²) in [6.07, 6.45) is 1.36. The van der Waals surface area contributed by atoms with Crippen LogP contribution in [0.2, 0.25) is 0 Å². The lowest BCUT2D eigenvalue weighted by molar-refractivity contribution is -0.139. The molecule has 2 aliphatic carbocycles. The molecule has 1 saturated carbocycles. The van der Waals surface area contributed by atoms with Gasteiger partial charge < -0.3 is 15.2 Å². The molecule has 34 heavy (non-hydrogen) atoms. The lowest BCUT2D eigenvalue weighted by Gasteiger charge is -2.41. The molecule has 1 fully saturated rings. The summed E-state index contributed by atoms with van der Waals surface area (Å²) in [6.45, 7) is 0.177. The molecular formula is C25H23N3O5S. The first-order valence-electron chi connectivity index (χ1n) is 11.1. The highest BCUT2D eigenvalue weighted by molar-refractivity contribution is 7.14. The molecular weight excluding hydrogens is 454 g/mol. The monoisotopic (exact) mass is 477 g/mol. The summed E-state index contributed by atoms with van der Waals surface area (Å²) in [7, 11) is 0. The van der Waals surface area contributed by atoms with Crippen LogP contribution in [-0.2, 0) is 9.53 Å². The van der Waals surface area contributed by atoms with E-state index in [9.17, 15) is 14.4 Å².